The van der Waals surface area contributed by atoms with Crippen LogP contribution in [0.25, 0.3) is 0 Å². The van der Waals surface area contributed by atoms with Crippen molar-refractivity contribution in [3.05, 3.63) is 29.8 Å². The lowest BCUT2D eigenvalue weighted by Crippen LogP contribution is -2.16. The monoisotopic (exact) mass is 220 g/mol. The summed E-state index contributed by atoms with van der Waals surface area (Å²) in [6, 6.07) is 8.11. The standard InChI is InChI=1S/C14H20O2/c1-15-13-9-7-12(8-10-13)11-16-14-5-3-2-4-6-14/h7-10,14H,2-6,11H2,1H3. The third-order valence-corrected chi connectivity index (χ3v) is 3.20. The second kappa shape index (κ2) is 5.90. The van der Waals surface area contributed by atoms with Gasteiger partial charge in [-0.3, -0.25) is 0 Å². The number of benzene rings is 1. The van der Waals surface area contributed by atoms with Crippen LogP contribution in [0.3, 0.4) is 0 Å². The summed E-state index contributed by atoms with van der Waals surface area (Å²) in [6.45, 7) is 0.731. The first-order chi connectivity index (χ1) is 7.88. The molecule has 0 amide bonds. The van der Waals surface area contributed by atoms with E-state index in [0.717, 1.165) is 12.4 Å². The van der Waals surface area contributed by atoms with Gasteiger partial charge in [-0.2, -0.15) is 0 Å². The average Bonchev–Trinajstić information content (AvgIpc) is 2.38. The highest BCUT2D eigenvalue weighted by Gasteiger charge is 2.13. The van der Waals surface area contributed by atoms with E-state index in [4.69, 9.17) is 9.47 Å². The smallest absolute Gasteiger partial charge is 0.118 e. The van der Waals surface area contributed by atoms with Crippen molar-refractivity contribution < 1.29 is 9.47 Å². The summed E-state index contributed by atoms with van der Waals surface area (Å²) >= 11 is 0. The number of hydrogen-bond acceptors (Lipinski definition) is 2. The zero-order valence-electron chi connectivity index (χ0n) is 9.95. The Balaban J connectivity index is 1.79. The Morgan fingerprint density at radius 3 is 2.38 bits per heavy atom. The number of hydrogen-bond donors (Lipinski definition) is 0. The van der Waals surface area contributed by atoms with Crippen LogP contribution >= 0.6 is 0 Å². The van der Waals surface area contributed by atoms with Gasteiger partial charge in [0.2, 0.25) is 0 Å². The van der Waals surface area contributed by atoms with Crippen LogP contribution in [0.5, 0.6) is 5.75 Å². The van der Waals surface area contributed by atoms with Gasteiger partial charge in [-0.15, -0.1) is 0 Å². The SMILES string of the molecule is COc1ccc(COC2CCCCC2)cc1. The molecule has 0 saturated heterocycles. The summed E-state index contributed by atoms with van der Waals surface area (Å²) in [5.41, 5.74) is 1.23. The summed E-state index contributed by atoms with van der Waals surface area (Å²) in [7, 11) is 1.69. The molecule has 0 heterocycles. The fourth-order valence-corrected chi connectivity index (χ4v) is 2.17. The third kappa shape index (κ3) is 3.24. The van der Waals surface area contributed by atoms with Crippen LogP contribution in [0, 0.1) is 0 Å². The molecule has 1 saturated carbocycles. The molecule has 1 aliphatic rings. The van der Waals surface area contributed by atoms with E-state index in [1.165, 1.54) is 37.7 Å². The van der Waals surface area contributed by atoms with Gasteiger partial charge in [0.1, 0.15) is 5.75 Å². The molecule has 2 heteroatoms. The largest absolute Gasteiger partial charge is 0.497 e. The highest BCUT2D eigenvalue weighted by molar-refractivity contribution is 5.26. The molecule has 0 bridgehead atoms. The first-order valence-electron chi connectivity index (χ1n) is 6.13. The molecule has 1 aromatic carbocycles. The van der Waals surface area contributed by atoms with Gasteiger partial charge in [-0.25, -0.2) is 0 Å². The van der Waals surface area contributed by atoms with Crippen molar-refractivity contribution in [2.75, 3.05) is 7.11 Å². The lowest BCUT2D eigenvalue weighted by Gasteiger charge is -2.22. The van der Waals surface area contributed by atoms with E-state index < -0.39 is 0 Å². The van der Waals surface area contributed by atoms with Crippen LogP contribution in [0.2, 0.25) is 0 Å². The molecule has 16 heavy (non-hydrogen) atoms. The molecule has 88 valence electrons. The Bertz CT molecular complexity index is 299. The van der Waals surface area contributed by atoms with Crippen molar-refractivity contribution in [3.63, 3.8) is 0 Å². The second-order valence-electron chi connectivity index (χ2n) is 4.42. The van der Waals surface area contributed by atoms with E-state index in [1.54, 1.807) is 7.11 Å². The normalized spacial score (nSPS) is 17.3. The summed E-state index contributed by atoms with van der Waals surface area (Å²) in [6.07, 6.45) is 6.98. The zero-order valence-corrected chi connectivity index (χ0v) is 9.95. The lowest BCUT2D eigenvalue weighted by atomic mass is 9.98. The van der Waals surface area contributed by atoms with E-state index in [-0.39, 0.29) is 0 Å². The van der Waals surface area contributed by atoms with E-state index in [9.17, 15) is 0 Å². The minimum atomic E-state index is 0.482. The van der Waals surface area contributed by atoms with E-state index >= 15 is 0 Å². The molecule has 0 unspecified atom stereocenters. The van der Waals surface area contributed by atoms with E-state index in [2.05, 4.69) is 12.1 Å². The molecule has 2 rings (SSSR count). The highest BCUT2D eigenvalue weighted by atomic mass is 16.5. The Morgan fingerprint density at radius 2 is 1.75 bits per heavy atom. The summed E-state index contributed by atoms with van der Waals surface area (Å²) in [5, 5.41) is 0. The summed E-state index contributed by atoms with van der Waals surface area (Å²) in [4.78, 5) is 0. The Hall–Kier alpha value is -1.02. The Labute approximate surface area is 97.6 Å². The highest BCUT2D eigenvalue weighted by Crippen LogP contribution is 2.21. The molecule has 1 aromatic rings. The minimum absolute atomic E-state index is 0.482. The van der Waals surface area contributed by atoms with Crippen LogP contribution in [-0.4, -0.2) is 13.2 Å². The fraction of sp³-hybridized carbons (Fsp3) is 0.571. The molecule has 0 aliphatic heterocycles. The van der Waals surface area contributed by atoms with Gasteiger partial charge in [-0.1, -0.05) is 31.4 Å². The van der Waals surface area contributed by atoms with Crippen molar-refractivity contribution in [1.29, 1.82) is 0 Å². The van der Waals surface area contributed by atoms with Crippen LogP contribution in [0.4, 0.5) is 0 Å². The van der Waals surface area contributed by atoms with Gasteiger partial charge >= 0.3 is 0 Å². The fourth-order valence-electron chi connectivity index (χ4n) is 2.17. The molecule has 0 atom stereocenters. The number of rotatable bonds is 4. The van der Waals surface area contributed by atoms with E-state index in [1.807, 2.05) is 12.1 Å². The van der Waals surface area contributed by atoms with Crippen LogP contribution < -0.4 is 4.74 Å². The van der Waals surface area contributed by atoms with Gasteiger partial charge in [-0.05, 0) is 30.5 Å². The lowest BCUT2D eigenvalue weighted by molar-refractivity contribution is 0.0168. The van der Waals surface area contributed by atoms with Crippen LogP contribution in [0.1, 0.15) is 37.7 Å². The third-order valence-electron chi connectivity index (χ3n) is 3.20. The predicted octanol–water partition coefficient (Wildman–Crippen LogP) is 3.54. The molecule has 0 radical (unpaired) electrons. The molecule has 1 fully saturated rings. The van der Waals surface area contributed by atoms with Crippen molar-refractivity contribution in [3.8, 4) is 5.75 Å². The molecule has 1 aliphatic carbocycles. The maximum absolute atomic E-state index is 5.90. The van der Waals surface area contributed by atoms with Crippen molar-refractivity contribution in [1.82, 2.24) is 0 Å². The number of methoxy groups -OCH3 is 1. The molecule has 0 aromatic heterocycles. The first-order valence-corrected chi connectivity index (χ1v) is 6.13. The summed E-state index contributed by atoms with van der Waals surface area (Å²) < 4.78 is 11.0. The van der Waals surface area contributed by atoms with Crippen molar-refractivity contribution >= 4 is 0 Å². The van der Waals surface area contributed by atoms with Gasteiger partial charge in [0.25, 0.3) is 0 Å². The van der Waals surface area contributed by atoms with E-state index in [0.29, 0.717) is 6.10 Å². The minimum Gasteiger partial charge on any atom is -0.497 e. The van der Waals surface area contributed by atoms with Gasteiger partial charge in [0.15, 0.2) is 0 Å². The maximum Gasteiger partial charge on any atom is 0.118 e. The topological polar surface area (TPSA) is 18.5 Å². The maximum atomic E-state index is 5.90. The quantitative estimate of drug-likeness (QED) is 0.772. The average molecular weight is 220 g/mol. The molecule has 2 nitrogen and oxygen atoms in total. The molecule has 0 N–H and O–H groups in total. The second-order valence-corrected chi connectivity index (χ2v) is 4.42. The molecular weight excluding hydrogens is 200 g/mol. The number of ether oxygens (including phenoxy) is 2. The van der Waals surface area contributed by atoms with Crippen molar-refractivity contribution in [2.24, 2.45) is 0 Å². The summed E-state index contributed by atoms with van der Waals surface area (Å²) in [5.74, 6) is 0.904. The van der Waals surface area contributed by atoms with Gasteiger partial charge < -0.3 is 9.47 Å². The van der Waals surface area contributed by atoms with Crippen molar-refractivity contribution in [2.45, 2.75) is 44.8 Å². The zero-order chi connectivity index (χ0) is 11.2. The van der Waals surface area contributed by atoms with Crippen LogP contribution in [0.15, 0.2) is 24.3 Å². The molecular formula is C14H20O2. The van der Waals surface area contributed by atoms with Crippen LogP contribution in [-0.2, 0) is 11.3 Å². The Morgan fingerprint density at radius 1 is 1.06 bits per heavy atom. The molecule has 0 spiro atoms. The van der Waals surface area contributed by atoms with Gasteiger partial charge in [0, 0.05) is 0 Å². The van der Waals surface area contributed by atoms with Gasteiger partial charge in [0.05, 0.1) is 19.8 Å². The Kier molecular flexibility index (Phi) is 4.23. The first kappa shape index (κ1) is 11.5. The predicted molar refractivity (Wildman–Crippen MR) is 64.7 cm³/mol.